The summed E-state index contributed by atoms with van der Waals surface area (Å²) in [7, 11) is -2.54. The molecule has 1 N–H and O–H groups in total. The second-order valence-electron chi connectivity index (χ2n) is 7.86. The summed E-state index contributed by atoms with van der Waals surface area (Å²) in [6, 6.07) is 11.3. The average molecular weight is 507 g/mol. The van der Waals surface area contributed by atoms with Gasteiger partial charge in [0, 0.05) is 23.7 Å². The zero-order valence-electron chi connectivity index (χ0n) is 18.1. The predicted molar refractivity (Wildman–Crippen MR) is 128 cm³/mol. The molecule has 2 aromatic carbocycles. The van der Waals surface area contributed by atoms with Crippen LogP contribution in [-0.4, -0.2) is 49.6 Å². The van der Waals surface area contributed by atoms with Crippen LogP contribution in [0.1, 0.15) is 30.1 Å². The number of hydrogen-bond acceptors (Lipinski definition) is 7. The van der Waals surface area contributed by atoms with Crippen molar-refractivity contribution in [2.75, 3.05) is 24.9 Å². The van der Waals surface area contributed by atoms with E-state index in [2.05, 4.69) is 21.8 Å². The van der Waals surface area contributed by atoms with Crippen molar-refractivity contribution in [1.29, 1.82) is 0 Å². The standard InChI is InChI=1S/C22H23ClN4O4S2/c1-14-9-11-27(12-10-14)21(28)18-13-17(7-8-19(18)31-2)33(29,30)26-22-25-24-20(32-22)15-3-5-16(23)6-4-15/h3-8,13-14H,9-12H2,1-2H3,(H,25,26). The first-order valence-corrected chi connectivity index (χ1v) is 13.0. The molecule has 0 spiro atoms. The lowest BCUT2D eigenvalue weighted by atomic mass is 9.98. The quantitative estimate of drug-likeness (QED) is 0.526. The molecule has 8 nitrogen and oxygen atoms in total. The Balaban J connectivity index is 1.57. The zero-order chi connectivity index (χ0) is 23.6. The summed E-state index contributed by atoms with van der Waals surface area (Å²) < 4.78 is 33.8. The Bertz CT molecular complexity index is 1250. The number of carbonyl (C=O) groups is 1. The fourth-order valence-corrected chi connectivity index (χ4v) is 5.68. The third-order valence-corrected chi connectivity index (χ3v) is 8.13. The summed E-state index contributed by atoms with van der Waals surface area (Å²) in [5.74, 6) is 0.659. The molecule has 4 rings (SSSR count). The Kier molecular flexibility index (Phi) is 6.87. The molecule has 33 heavy (non-hydrogen) atoms. The summed E-state index contributed by atoms with van der Waals surface area (Å²) in [5, 5.41) is 9.26. The van der Waals surface area contributed by atoms with Gasteiger partial charge in [-0.2, -0.15) is 0 Å². The van der Waals surface area contributed by atoms with Crippen molar-refractivity contribution in [3.63, 3.8) is 0 Å². The number of amides is 1. The maximum atomic E-state index is 13.1. The summed E-state index contributed by atoms with van der Waals surface area (Å²) in [6.07, 6.45) is 1.83. The van der Waals surface area contributed by atoms with E-state index in [1.165, 1.54) is 25.3 Å². The van der Waals surface area contributed by atoms with E-state index >= 15 is 0 Å². The first-order valence-electron chi connectivity index (χ1n) is 10.4. The van der Waals surface area contributed by atoms with Crippen molar-refractivity contribution < 1.29 is 17.9 Å². The van der Waals surface area contributed by atoms with E-state index < -0.39 is 10.0 Å². The number of halogens is 1. The first kappa shape index (κ1) is 23.5. The number of sulfonamides is 1. The molecule has 3 aromatic rings. The number of methoxy groups -OCH3 is 1. The monoisotopic (exact) mass is 506 g/mol. The lowest BCUT2D eigenvalue weighted by Gasteiger charge is -2.30. The molecular formula is C22H23ClN4O4S2. The summed E-state index contributed by atoms with van der Waals surface area (Å²) in [4.78, 5) is 14.8. The van der Waals surface area contributed by atoms with Gasteiger partial charge in [0.05, 0.1) is 17.6 Å². The van der Waals surface area contributed by atoms with Crippen LogP contribution in [0.5, 0.6) is 5.75 Å². The Labute approximate surface area is 201 Å². The molecule has 0 unspecified atom stereocenters. The number of aromatic nitrogens is 2. The van der Waals surface area contributed by atoms with Crippen LogP contribution in [0.4, 0.5) is 5.13 Å². The molecule has 2 heterocycles. The van der Waals surface area contributed by atoms with Gasteiger partial charge in [0.1, 0.15) is 10.8 Å². The average Bonchev–Trinajstić information content (AvgIpc) is 3.26. The molecule has 174 valence electrons. The minimum Gasteiger partial charge on any atom is -0.496 e. The number of nitrogens with one attached hydrogen (secondary N) is 1. The van der Waals surface area contributed by atoms with Gasteiger partial charge in [-0.3, -0.25) is 9.52 Å². The van der Waals surface area contributed by atoms with E-state index in [0.717, 1.165) is 29.7 Å². The fourth-order valence-electron chi connectivity index (χ4n) is 3.55. The third-order valence-electron chi connectivity index (χ3n) is 5.52. The predicted octanol–water partition coefficient (Wildman–Crippen LogP) is 4.54. The molecule has 1 aliphatic rings. The van der Waals surface area contributed by atoms with E-state index in [1.54, 1.807) is 29.2 Å². The van der Waals surface area contributed by atoms with Crippen LogP contribution in [0, 0.1) is 5.92 Å². The second kappa shape index (κ2) is 9.66. The van der Waals surface area contributed by atoms with Gasteiger partial charge >= 0.3 is 0 Å². The molecular weight excluding hydrogens is 484 g/mol. The highest BCUT2D eigenvalue weighted by atomic mass is 35.5. The number of ether oxygens (including phenoxy) is 1. The van der Waals surface area contributed by atoms with Gasteiger partial charge in [0.15, 0.2) is 0 Å². The number of anilines is 1. The third kappa shape index (κ3) is 5.29. The van der Waals surface area contributed by atoms with Gasteiger partial charge in [0.2, 0.25) is 5.13 Å². The van der Waals surface area contributed by atoms with E-state index in [1.807, 2.05) is 0 Å². The van der Waals surface area contributed by atoms with Crippen LogP contribution < -0.4 is 9.46 Å². The molecule has 1 saturated heterocycles. The Morgan fingerprint density at radius 2 is 1.85 bits per heavy atom. The normalized spacial score (nSPS) is 14.8. The van der Waals surface area contributed by atoms with Crippen molar-refractivity contribution in [2.45, 2.75) is 24.7 Å². The second-order valence-corrected chi connectivity index (χ2v) is 11.0. The minimum atomic E-state index is -4.00. The number of piperidine rings is 1. The van der Waals surface area contributed by atoms with Crippen molar-refractivity contribution in [1.82, 2.24) is 15.1 Å². The van der Waals surface area contributed by atoms with E-state index in [-0.39, 0.29) is 21.5 Å². The number of nitrogens with zero attached hydrogens (tertiary/aromatic N) is 3. The largest absolute Gasteiger partial charge is 0.496 e. The Morgan fingerprint density at radius 1 is 1.15 bits per heavy atom. The summed E-state index contributed by atoms with van der Waals surface area (Å²) >= 11 is 7.01. The molecule has 1 fully saturated rings. The highest BCUT2D eigenvalue weighted by Gasteiger charge is 2.26. The fraction of sp³-hybridized carbons (Fsp3) is 0.318. The number of benzene rings is 2. The molecule has 0 saturated carbocycles. The molecule has 1 aromatic heterocycles. The summed E-state index contributed by atoms with van der Waals surface area (Å²) in [6.45, 7) is 3.43. The van der Waals surface area contributed by atoms with Gasteiger partial charge in [-0.25, -0.2) is 8.42 Å². The molecule has 1 amide bonds. The van der Waals surface area contributed by atoms with Gasteiger partial charge in [0.25, 0.3) is 15.9 Å². The van der Waals surface area contributed by atoms with Gasteiger partial charge in [-0.05, 0) is 49.1 Å². The SMILES string of the molecule is COc1ccc(S(=O)(=O)Nc2nnc(-c3ccc(Cl)cc3)s2)cc1C(=O)N1CCC(C)CC1. The molecule has 0 radical (unpaired) electrons. The van der Waals surface area contributed by atoms with Crippen LogP contribution in [0.2, 0.25) is 5.02 Å². The van der Waals surface area contributed by atoms with Crippen molar-refractivity contribution in [2.24, 2.45) is 5.92 Å². The van der Waals surface area contributed by atoms with Crippen LogP contribution in [0.15, 0.2) is 47.4 Å². The van der Waals surface area contributed by atoms with E-state index in [4.69, 9.17) is 16.3 Å². The highest BCUT2D eigenvalue weighted by molar-refractivity contribution is 7.93. The maximum Gasteiger partial charge on any atom is 0.263 e. The minimum absolute atomic E-state index is 0.0553. The van der Waals surface area contributed by atoms with Crippen LogP contribution in [0.25, 0.3) is 10.6 Å². The maximum absolute atomic E-state index is 13.1. The van der Waals surface area contributed by atoms with Crippen LogP contribution in [-0.2, 0) is 10.0 Å². The van der Waals surface area contributed by atoms with Crippen molar-refractivity contribution in [3.8, 4) is 16.3 Å². The van der Waals surface area contributed by atoms with Crippen LogP contribution >= 0.6 is 22.9 Å². The molecule has 1 aliphatic heterocycles. The van der Waals surface area contributed by atoms with Gasteiger partial charge < -0.3 is 9.64 Å². The molecule has 0 atom stereocenters. The van der Waals surface area contributed by atoms with Gasteiger partial charge in [-0.1, -0.05) is 42.0 Å². The Morgan fingerprint density at radius 3 is 2.52 bits per heavy atom. The molecule has 0 bridgehead atoms. The lowest BCUT2D eigenvalue weighted by molar-refractivity contribution is 0.0693. The first-order chi connectivity index (χ1) is 15.8. The molecule has 0 aliphatic carbocycles. The van der Waals surface area contributed by atoms with Crippen LogP contribution in [0.3, 0.4) is 0 Å². The number of hydrogen-bond donors (Lipinski definition) is 1. The number of carbonyl (C=O) groups excluding carboxylic acids is 1. The van der Waals surface area contributed by atoms with Gasteiger partial charge in [-0.15, -0.1) is 10.2 Å². The lowest BCUT2D eigenvalue weighted by Crippen LogP contribution is -2.38. The van der Waals surface area contributed by atoms with Crippen molar-refractivity contribution in [3.05, 3.63) is 53.1 Å². The Hall–Kier alpha value is -2.69. The van der Waals surface area contributed by atoms with E-state index in [0.29, 0.717) is 34.8 Å². The summed E-state index contributed by atoms with van der Waals surface area (Å²) in [5.41, 5.74) is 0.990. The van der Waals surface area contributed by atoms with E-state index in [9.17, 15) is 13.2 Å². The zero-order valence-corrected chi connectivity index (χ0v) is 20.5. The smallest absolute Gasteiger partial charge is 0.263 e. The molecule has 11 heteroatoms. The number of likely N-dealkylation sites (tertiary alicyclic amines) is 1. The number of rotatable bonds is 6. The van der Waals surface area contributed by atoms with Crippen molar-refractivity contribution >= 4 is 44.0 Å². The topological polar surface area (TPSA) is 101 Å². The highest BCUT2D eigenvalue weighted by Crippen LogP contribution is 2.30.